The summed E-state index contributed by atoms with van der Waals surface area (Å²) in [6, 6.07) is 7.96. The first kappa shape index (κ1) is 19.7. The van der Waals surface area contributed by atoms with Crippen molar-refractivity contribution in [1.82, 2.24) is 4.90 Å². The number of morpholine rings is 1. The summed E-state index contributed by atoms with van der Waals surface area (Å²) < 4.78 is 5.45. The summed E-state index contributed by atoms with van der Waals surface area (Å²) in [5.74, 6) is 0.816. The van der Waals surface area contributed by atoms with Crippen LogP contribution in [-0.4, -0.2) is 62.7 Å². The van der Waals surface area contributed by atoms with Crippen LogP contribution < -0.4 is 9.80 Å². The molecule has 2 amide bonds. The lowest BCUT2D eigenvalue weighted by molar-refractivity contribution is -0.132. The molecule has 0 spiro atoms. The van der Waals surface area contributed by atoms with E-state index in [0.29, 0.717) is 32.1 Å². The van der Waals surface area contributed by atoms with E-state index >= 15 is 0 Å². The maximum atomic E-state index is 12.6. The molecule has 1 aromatic carbocycles. The highest BCUT2D eigenvalue weighted by atomic mass is 16.5. The van der Waals surface area contributed by atoms with Crippen LogP contribution >= 0.6 is 0 Å². The number of carbonyl (C=O) groups excluding carboxylic acids is 2. The molecule has 0 bridgehead atoms. The van der Waals surface area contributed by atoms with Gasteiger partial charge >= 0.3 is 0 Å². The Labute approximate surface area is 162 Å². The number of benzene rings is 1. The number of ether oxygens (including phenoxy) is 1. The molecule has 3 rings (SSSR count). The van der Waals surface area contributed by atoms with Gasteiger partial charge in [-0.2, -0.15) is 0 Å². The third kappa shape index (κ3) is 5.01. The van der Waals surface area contributed by atoms with Gasteiger partial charge < -0.3 is 19.4 Å². The molecule has 6 heteroatoms. The van der Waals surface area contributed by atoms with Crippen LogP contribution in [0, 0.1) is 5.92 Å². The topological polar surface area (TPSA) is 53.1 Å². The second-order valence-corrected chi connectivity index (χ2v) is 7.57. The van der Waals surface area contributed by atoms with Crippen molar-refractivity contribution < 1.29 is 14.3 Å². The zero-order valence-electron chi connectivity index (χ0n) is 16.5. The lowest BCUT2D eigenvalue weighted by Crippen LogP contribution is -2.41. The minimum Gasteiger partial charge on any atom is -0.378 e. The van der Waals surface area contributed by atoms with E-state index in [0.717, 1.165) is 50.4 Å². The molecule has 2 aliphatic rings. The maximum Gasteiger partial charge on any atom is 0.224 e. The van der Waals surface area contributed by atoms with Crippen molar-refractivity contribution in [2.75, 3.05) is 55.7 Å². The van der Waals surface area contributed by atoms with Gasteiger partial charge in [-0.15, -0.1) is 0 Å². The fourth-order valence-electron chi connectivity index (χ4n) is 3.84. The Morgan fingerprint density at radius 1 is 1.11 bits per heavy atom. The summed E-state index contributed by atoms with van der Waals surface area (Å²) in [7, 11) is 0. The van der Waals surface area contributed by atoms with E-state index < -0.39 is 0 Å². The largest absolute Gasteiger partial charge is 0.378 e. The van der Waals surface area contributed by atoms with Crippen LogP contribution in [0.1, 0.15) is 33.1 Å². The lowest BCUT2D eigenvalue weighted by atomic mass is 9.99. The van der Waals surface area contributed by atoms with Crippen molar-refractivity contribution in [3.8, 4) is 0 Å². The molecule has 1 aromatic rings. The van der Waals surface area contributed by atoms with E-state index in [1.165, 1.54) is 0 Å². The molecule has 2 saturated heterocycles. The SMILES string of the molecule is CC(=O)N(CCC(=O)N1CCC(C)CC1)c1ccccc1N1CCOCC1. The van der Waals surface area contributed by atoms with Crippen LogP contribution in [0.3, 0.4) is 0 Å². The highest BCUT2D eigenvalue weighted by Gasteiger charge is 2.24. The van der Waals surface area contributed by atoms with Gasteiger partial charge in [-0.1, -0.05) is 19.1 Å². The van der Waals surface area contributed by atoms with Crippen molar-refractivity contribution in [1.29, 1.82) is 0 Å². The van der Waals surface area contributed by atoms with Gasteiger partial charge in [0, 0.05) is 46.1 Å². The van der Waals surface area contributed by atoms with Crippen molar-refractivity contribution in [2.45, 2.75) is 33.1 Å². The number of likely N-dealkylation sites (tertiary alicyclic amines) is 1. The quantitative estimate of drug-likeness (QED) is 0.796. The molecule has 0 aliphatic carbocycles. The van der Waals surface area contributed by atoms with E-state index in [1.807, 2.05) is 29.2 Å². The third-order valence-electron chi connectivity index (χ3n) is 5.59. The van der Waals surface area contributed by atoms with Gasteiger partial charge in [0.05, 0.1) is 24.6 Å². The van der Waals surface area contributed by atoms with Crippen molar-refractivity contribution >= 4 is 23.2 Å². The molecule has 0 aromatic heterocycles. The van der Waals surface area contributed by atoms with Gasteiger partial charge in [0.2, 0.25) is 11.8 Å². The molecule has 0 unspecified atom stereocenters. The highest BCUT2D eigenvalue weighted by molar-refractivity contribution is 5.96. The molecule has 148 valence electrons. The number of amides is 2. The zero-order valence-corrected chi connectivity index (χ0v) is 16.5. The predicted molar refractivity (Wildman–Crippen MR) is 107 cm³/mol. The number of hydrogen-bond donors (Lipinski definition) is 0. The number of hydrogen-bond acceptors (Lipinski definition) is 4. The van der Waals surface area contributed by atoms with E-state index in [4.69, 9.17) is 4.74 Å². The van der Waals surface area contributed by atoms with Gasteiger partial charge in [-0.05, 0) is 30.9 Å². The Morgan fingerprint density at radius 3 is 2.44 bits per heavy atom. The van der Waals surface area contributed by atoms with Crippen molar-refractivity contribution in [2.24, 2.45) is 5.92 Å². The summed E-state index contributed by atoms with van der Waals surface area (Å²) >= 11 is 0. The number of anilines is 2. The molecular formula is C21H31N3O3. The number of carbonyl (C=O) groups is 2. The maximum absolute atomic E-state index is 12.6. The molecular weight excluding hydrogens is 342 g/mol. The van der Waals surface area contributed by atoms with Crippen molar-refractivity contribution in [3.63, 3.8) is 0 Å². The average molecular weight is 373 g/mol. The third-order valence-corrected chi connectivity index (χ3v) is 5.59. The van der Waals surface area contributed by atoms with Crippen LogP contribution in [0.15, 0.2) is 24.3 Å². The Kier molecular flexibility index (Phi) is 6.72. The lowest BCUT2D eigenvalue weighted by Gasteiger charge is -2.34. The molecule has 6 nitrogen and oxygen atoms in total. The second kappa shape index (κ2) is 9.22. The highest BCUT2D eigenvalue weighted by Crippen LogP contribution is 2.30. The smallest absolute Gasteiger partial charge is 0.224 e. The van der Waals surface area contributed by atoms with E-state index in [9.17, 15) is 9.59 Å². The molecule has 2 aliphatic heterocycles. The first-order valence-electron chi connectivity index (χ1n) is 10.0. The van der Waals surface area contributed by atoms with Crippen LogP contribution in [0.2, 0.25) is 0 Å². The Bertz CT molecular complexity index is 650. The monoisotopic (exact) mass is 373 g/mol. The van der Waals surface area contributed by atoms with Gasteiger partial charge in [0.1, 0.15) is 0 Å². The second-order valence-electron chi connectivity index (χ2n) is 7.57. The Morgan fingerprint density at radius 2 is 1.78 bits per heavy atom. The van der Waals surface area contributed by atoms with Gasteiger partial charge in [-0.3, -0.25) is 9.59 Å². The van der Waals surface area contributed by atoms with E-state index in [-0.39, 0.29) is 11.8 Å². The summed E-state index contributed by atoms with van der Waals surface area (Å²) in [6.07, 6.45) is 2.51. The molecule has 2 heterocycles. The van der Waals surface area contributed by atoms with Crippen LogP contribution in [-0.2, 0) is 14.3 Å². The number of piperidine rings is 1. The van der Waals surface area contributed by atoms with Gasteiger partial charge in [0.25, 0.3) is 0 Å². The van der Waals surface area contributed by atoms with Gasteiger partial charge in [-0.25, -0.2) is 0 Å². The first-order chi connectivity index (χ1) is 13.1. The molecule has 0 radical (unpaired) electrons. The average Bonchev–Trinajstić information content (AvgIpc) is 2.69. The number of nitrogens with zero attached hydrogens (tertiary/aromatic N) is 3. The summed E-state index contributed by atoms with van der Waals surface area (Å²) in [5.41, 5.74) is 1.92. The van der Waals surface area contributed by atoms with Crippen molar-refractivity contribution in [3.05, 3.63) is 24.3 Å². The van der Waals surface area contributed by atoms with Crippen LogP contribution in [0.4, 0.5) is 11.4 Å². The van der Waals surface area contributed by atoms with E-state index in [1.54, 1.807) is 11.8 Å². The van der Waals surface area contributed by atoms with Crippen LogP contribution in [0.25, 0.3) is 0 Å². The fraction of sp³-hybridized carbons (Fsp3) is 0.619. The normalized spacial score (nSPS) is 18.4. The predicted octanol–water partition coefficient (Wildman–Crippen LogP) is 2.52. The minimum absolute atomic E-state index is 0.0317. The van der Waals surface area contributed by atoms with E-state index in [2.05, 4.69) is 11.8 Å². The molecule has 0 atom stereocenters. The summed E-state index contributed by atoms with van der Waals surface area (Å²) in [6.45, 7) is 8.92. The molecule has 2 fully saturated rings. The summed E-state index contributed by atoms with van der Waals surface area (Å²) in [4.78, 5) is 30.9. The molecule has 27 heavy (non-hydrogen) atoms. The Balaban J connectivity index is 1.69. The summed E-state index contributed by atoms with van der Waals surface area (Å²) in [5, 5.41) is 0. The fourth-order valence-corrected chi connectivity index (χ4v) is 3.84. The molecule has 0 N–H and O–H groups in total. The zero-order chi connectivity index (χ0) is 19.2. The van der Waals surface area contributed by atoms with Crippen LogP contribution in [0.5, 0.6) is 0 Å². The standard InChI is InChI=1S/C21H31N3O3/c1-17-7-10-23(11-8-17)21(26)9-12-24(18(2)25)20-6-4-3-5-19(20)22-13-15-27-16-14-22/h3-6,17H,7-16H2,1-2H3. The minimum atomic E-state index is -0.0317. The first-order valence-corrected chi connectivity index (χ1v) is 10.0. The van der Waals surface area contributed by atoms with Gasteiger partial charge in [0.15, 0.2) is 0 Å². The number of rotatable bonds is 5. The number of para-hydroxylation sites is 2. The molecule has 0 saturated carbocycles. The Hall–Kier alpha value is -2.08.